The van der Waals surface area contributed by atoms with Crippen molar-refractivity contribution in [3.63, 3.8) is 0 Å². The van der Waals surface area contributed by atoms with Crippen LogP contribution in [0, 0.1) is 0 Å². The van der Waals surface area contributed by atoms with E-state index in [0.29, 0.717) is 11.1 Å². The molecule has 0 aliphatic heterocycles. The molecule has 2 rings (SSSR count). The predicted molar refractivity (Wildman–Crippen MR) is 104 cm³/mol. The van der Waals surface area contributed by atoms with Gasteiger partial charge < -0.3 is 21.0 Å². The van der Waals surface area contributed by atoms with Crippen molar-refractivity contribution >= 4 is 12.4 Å². The van der Waals surface area contributed by atoms with Crippen LogP contribution in [0.2, 0.25) is 0 Å². The van der Waals surface area contributed by atoms with Crippen molar-refractivity contribution < 1.29 is 31.3 Å². The number of nitrogens with zero attached hydrogens (tertiary/aromatic N) is 2. The van der Waals surface area contributed by atoms with Crippen LogP contribution < -0.4 is 0 Å². The van der Waals surface area contributed by atoms with Gasteiger partial charge in [0.15, 0.2) is 0 Å². The van der Waals surface area contributed by atoms with Crippen LogP contribution in [0.3, 0.4) is 0 Å². The fourth-order valence-electron chi connectivity index (χ4n) is 1.69. The molecule has 2 N–H and O–H groups in total. The molecule has 0 fully saturated rings. The summed E-state index contributed by atoms with van der Waals surface area (Å²) >= 11 is 1.06. The Bertz CT molecular complexity index is 568. The van der Waals surface area contributed by atoms with Crippen LogP contribution in [-0.2, 0) is 21.0 Å². The van der Waals surface area contributed by atoms with Crippen LogP contribution in [0.4, 0.5) is 0 Å². The summed E-state index contributed by atoms with van der Waals surface area (Å²) < 4.78 is 8.19. The van der Waals surface area contributed by atoms with Crippen LogP contribution in [0.5, 0.6) is 11.5 Å². The molecule has 0 spiro atoms. The minimum absolute atomic E-state index is 0.0972. The third-order valence-electron chi connectivity index (χ3n) is 3.11. The Morgan fingerprint density at radius 1 is 0.769 bits per heavy atom. The summed E-state index contributed by atoms with van der Waals surface area (Å²) in [6.07, 6.45) is 7.28. The molecule has 0 unspecified atom stereocenters. The van der Waals surface area contributed by atoms with Gasteiger partial charge in [0.25, 0.3) is 0 Å². The maximum atomic E-state index is 8.92. The monoisotopic (exact) mass is 393 g/mol. The number of hydrogen-bond donors (Lipinski definition) is 2. The van der Waals surface area contributed by atoms with Crippen molar-refractivity contribution in [3.05, 3.63) is 70.5 Å². The van der Waals surface area contributed by atoms with E-state index in [-0.39, 0.29) is 11.5 Å². The molecule has 0 aromatic heterocycles. The molecule has 6 heteroatoms. The van der Waals surface area contributed by atoms with Crippen LogP contribution in [0.1, 0.15) is 50.7 Å². The molecule has 0 saturated heterocycles. The van der Waals surface area contributed by atoms with E-state index >= 15 is 0 Å². The minimum atomic E-state index is 0.0972. The average molecular weight is 393 g/mol. The van der Waals surface area contributed by atoms with Crippen molar-refractivity contribution in [2.45, 2.75) is 39.5 Å². The summed E-state index contributed by atoms with van der Waals surface area (Å²) in [5, 5.41) is 34.7. The fourth-order valence-corrected chi connectivity index (χ4v) is 1.69. The first-order valence-corrected chi connectivity index (χ1v) is 8.86. The van der Waals surface area contributed by atoms with Crippen molar-refractivity contribution in [2.75, 3.05) is 0 Å². The number of aromatic hydroxyl groups is 2. The van der Waals surface area contributed by atoms with Gasteiger partial charge in [0, 0.05) is 0 Å². The molecular weight excluding hydrogens is 367 g/mol. The Hall–Kier alpha value is -2.24. The van der Waals surface area contributed by atoms with E-state index in [4.69, 9.17) is 24.7 Å². The Balaban J connectivity index is 0. The van der Waals surface area contributed by atoms with E-state index in [1.807, 2.05) is 0 Å². The first kappa shape index (κ1) is 26.0. The molecule has 2 aromatic rings. The summed E-state index contributed by atoms with van der Waals surface area (Å²) in [5.41, 5.74) is 0.884. The van der Waals surface area contributed by atoms with Crippen molar-refractivity contribution in [1.82, 2.24) is 0 Å². The molecular formula is C20H26N2O3V. The van der Waals surface area contributed by atoms with E-state index in [9.17, 15) is 0 Å². The topological polar surface area (TPSA) is 102 Å². The first-order valence-electron chi connectivity index (χ1n) is 8.29. The number of unbranched alkanes of at least 4 members (excludes halogenated alkanes) is 3. The summed E-state index contributed by atoms with van der Waals surface area (Å²) in [4.78, 5) is 0. The van der Waals surface area contributed by atoms with Gasteiger partial charge in [-0.2, -0.15) is 12.4 Å². The van der Waals surface area contributed by atoms with Crippen LogP contribution >= 0.6 is 0 Å². The molecule has 0 aliphatic rings. The number of benzene rings is 2. The summed E-state index contributed by atoms with van der Waals surface area (Å²) in [5.74, 6) is 0.194. The van der Waals surface area contributed by atoms with Crippen molar-refractivity contribution in [1.29, 1.82) is 0 Å². The molecule has 0 heterocycles. The maximum absolute atomic E-state index is 8.92. The van der Waals surface area contributed by atoms with Gasteiger partial charge >= 0.3 is 21.0 Å². The van der Waals surface area contributed by atoms with Gasteiger partial charge in [-0.15, -0.1) is 0 Å². The third kappa shape index (κ3) is 13.1. The van der Waals surface area contributed by atoms with Gasteiger partial charge in [-0.05, 0) is 23.3 Å². The molecule has 26 heavy (non-hydrogen) atoms. The summed E-state index contributed by atoms with van der Waals surface area (Å²) in [6.45, 7) is 4.46. The average Bonchev–Trinajstić information content (AvgIpc) is 2.69. The molecule has 0 bridgehead atoms. The van der Waals surface area contributed by atoms with Gasteiger partial charge in [-0.1, -0.05) is 75.9 Å². The zero-order valence-electron chi connectivity index (χ0n) is 15.2. The Labute approximate surface area is 165 Å². The third-order valence-corrected chi connectivity index (χ3v) is 3.11. The zero-order chi connectivity index (χ0) is 20.2. The molecule has 2 aromatic carbocycles. The quantitative estimate of drug-likeness (QED) is 0.537. The van der Waals surface area contributed by atoms with Crippen LogP contribution in [0.15, 0.2) is 48.5 Å². The van der Waals surface area contributed by atoms with Gasteiger partial charge in [0.1, 0.15) is 11.5 Å². The summed E-state index contributed by atoms with van der Waals surface area (Å²) in [7, 11) is 0. The van der Waals surface area contributed by atoms with E-state index < -0.39 is 0 Å². The zero-order valence-corrected chi connectivity index (χ0v) is 16.6. The van der Waals surface area contributed by atoms with E-state index in [1.54, 1.807) is 36.4 Å². The normalized spacial score (nSPS) is 8.46. The second-order valence-corrected chi connectivity index (χ2v) is 5.08. The van der Waals surface area contributed by atoms with E-state index in [0.717, 1.165) is 29.8 Å². The van der Waals surface area contributed by atoms with Gasteiger partial charge in [0.2, 0.25) is 0 Å². The SMILES string of the molecule is CCCCCC.[N-]=Cc1ccccc1O.[N-]=Cc1ccccc1O.[O]=[V+2]. The molecule has 0 saturated carbocycles. The predicted octanol–water partition coefficient (Wildman–Crippen LogP) is 5.23. The van der Waals surface area contributed by atoms with Gasteiger partial charge in [0.05, 0.1) is 0 Å². The number of hydrogen-bond acceptors (Lipinski definition) is 3. The standard InChI is InChI=1S/2C7H6NO.C6H14.O.V/c2*8-5-6-3-1-2-4-7(6)9;1-3-5-6-4-2;;/h2*1-5,9H;3-6H2,1-2H3;;/q2*-1;;;+2. The number of para-hydroxylation sites is 2. The molecule has 0 radical (unpaired) electrons. The Morgan fingerprint density at radius 2 is 1.08 bits per heavy atom. The summed E-state index contributed by atoms with van der Waals surface area (Å²) in [6, 6.07) is 13.1. The van der Waals surface area contributed by atoms with Gasteiger partial charge in [-0.25, -0.2) is 0 Å². The molecule has 0 amide bonds. The number of phenolic OH excluding ortho intramolecular Hbond substituents is 2. The van der Waals surface area contributed by atoms with Crippen molar-refractivity contribution in [2.24, 2.45) is 0 Å². The fraction of sp³-hybridized carbons (Fsp3) is 0.300. The van der Waals surface area contributed by atoms with Crippen molar-refractivity contribution in [3.8, 4) is 11.5 Å². The first-order chi connectivity index (χ1) is 12.6. The molecule has 0 aliphatic carbocycles. The second kappa shape index (κ2) is 19.1. The molecule has 0 atom stereocenters. The number of rotatable bonds is 5. The number of phenols is 2. The van der Waals surface area contributed by atoms with Crippen LogP contribution in [-0.4, -0.2) is 22.6 Å². The van der Waals surface area contributed by atoms with Gasteiger partial charge in [-0.3, -0.25) is 0 Å². The van der Waals surface area contributed by atoms with E-state index in [2.05, 4.69) is 13.8 Å². The Kier molecular flexibility index (Phi) is 19.1. The second-order valence-electron chi connectivity index (χ2n) is 5.08. The molecule has 139 valence electrons. The van der Waals surface area contributed by atoms with Crippen LogP contribution in [0.25, 0.3) is 10.8 Å². The molecule has 5 nitrogen and oxygen atoms in total. The van der Waals surface area contributed by atoms with E-state index in [1.165, 1.54) is 37.8 Å². The Morgan fingerprint density at radius 3 is 1.27 bits per heavy atom.